The molecule has 0 atom stereocenters. The SMILES string of the molecule is CN(C)CCNC(=O)CCc1sc(N)nc1-c1cccs1. The second kappa shape index (κ2) is 7.53. The van der Waals surface area contributed by atoms with Gasteiger partial charge in [-0.3, -0.25) is 4.79 Å². The van der Waals surface area contributed by atoms with Gasteiger partial charge in [0.2, 0.25) is 5.91 Å². The Morgan fingerprint density at radius 2 is 2.29 bits per heavy atom. The quantitative estimate of drug-likeness (QED) is 0.818. The molecule has 1 amide bonds. The molecule has 0 radical (unpaired) electrons. The fourth-order valence-corrected chi connectivity index (χ4v) is 3.53. The summed E-state index contributed by atoms with van der Waals surface area (Å²) in [5.74, 6) is 0.0703. The number of amides is 1. The molecule has 2 aromatic rings. The molecule has 0 unspecified atom stereocenters. The number of aromatic nitrogens is 1. The molecule has 0 spiro atoms. The van der Waals surface area contributed by atoms with E-state index in [0.29, 0.717) is 24.5 Å². The molecule has 7 heteroatoms. The van der Waals surface area contributed by atoms with E-state index in [0.717, 1.165) is 22.0 Å². The van der Waals surface area contributed by atoms with E-state index in [2.05, 4.69) is 10.3 Å². The molecule has 0 saturated carbocycles. The lowest BCUT2D eigenvalue weighted by atomic mass is 10.2. The number of nitrogen functional groups attached to an aromatic ring is 1. The Bertz CT molecular complexity index is 578. The third kappa shape index (κ3) is 4.80. The van der Waals surface area contributed by atoms with Crippen molar-refractivity contribution in [2.75, 3.05) is 32.9 Å². The van der Waals surface area contributed by atoms with Gasteiger partial charge in [0.05, 0.1) is 10.6 Å². The number of nitrogens with one attached hydrogen (secondary N) is 1. The summed E-state index contributed by atoms with van der Waals surface area (Å²) in [6.45, 7) is 1.52. The largest absolute Gasteiger partial charge is 0.375 e. The predicted octanol–water partition coefficient (Wildman–Crippen LogP) is 2.06. The van der Waals surface area contributed by atoms with Crippen LogP contribution in [0.3, 0.4) is 0 Å². The first-order valence-electron chi connectivity index (χ1n) is 6.76. The molecule has 114 valence electrons. The Morgan fingerprint density at radius 3 is 2.95 bits per heavy atom. The lowest BCUT2D eigenvalue weighted by Gasteiger charge is -2.10. The van der Waals surface area contributed by atoms with Gasteiger partial charge in [0.25, 0.3) is 0 Å². The van der Waals surface area contributed by atoms with E-state index >= 15 is 0 Å². The van der Waals surface area contributed by atoms with Crippen molar-refractivity contribution in [1.82, 2.24) is 15.2 Å². The number of hydrogen-bond donors (Lipinski definition) is 2. The van der Waals surface area contributed by atoms with Crippen molar-refractivity contribution in [3.8, 4) is 10.6 Å². The summed E-state index contributed by atoms with van der Waals surface area (Å²) in [7, 11) is 3.97. The van der Waals surface area contributed by atoms with Crippen molar-refractivity contribution in [3.05, 3.63) is 22.4 Å². The van der Waals surface area contributed by atoms with E-state index in [1.807, 2.05) is 36.5 Å². The number of carbonyl (C=O) groups excluding carboxylic acids is 1. The average Bonchev–Trinajstić information content (AvgIpc) is 3.04. The summed E-state index contributed by atoms with van der Waals surface area (Å²) >= 11 is 3.11. The van der Waals surface area contributed by atoms with E-state index in [1.165, 1.54) is 11.3 Å². The zero-order valence-electron chi connectivity index (χ0n) is 12.3. The highest BCUT2D eigenvalue weighted by Gasteiger charge is 2.14. The number of anilines is 1. The van der Waals surface area contributed by atoms with Gasteiger partial charge in [0, 0.05) is 24.4 Å². The van der Waals surface area contributed by atoms with Crippen LogP contribution < -0.4 is 11.1 Å². The maximum absolute atomic E-state index is 11.8. The second-order valence-corrected chi connectivity index (χ2v) is 7.02. The summed E-state index contributed by atoms with van der Waals surface area (Å²) < 4.78 is 0. The predicted molar refractivity (Wildman–Crippen MR) is 89.7 cm³/mol. The lowest BCUT2D eigenvalue weighted by molar-refractivity contribution is -0.121. The Morgan fingerprint density at radius 1 is 1.48 bits per heavy atom. The number of likely N-dealkylation sites (N-methyl/N-ethyl adjacent to an activating group) is 1. The molecule has 0 fully saturated rings. The fraction of sp³-hybridized carbons (Fsp3) is 0.429. The number of aryl methyl sites for hydroxylation is 1. The van der Waals surface area contributed by atoms with E-state index in [1.54, 1.807) is 11.3 Å². The average molecular weight is 324 g/mol. The fourth-order valence-electron chi connectivity index (χ4n) is 1.88. The van der Waals surface area contributed by atoms with Crippen molar-refractivity contribution in [3.63, 3.8) is 0 Å². The van der Waals surface area contributed by atoms with Gasteiger partial charge in [-0.2, -0.15) is 0 Å². The van der Waals surface area contributed by atoms with Gasteiger partial charge in [-0.15, -0.1) is 22.7 Å². The van der Waals surface area contributed by atoms with Crippen molar-refractivity contribution in [2.45, 2.75) is 12.8 Å². The van der Waals surface area contributed by atoms with Crippen LogP contribution in [0.2, 0.25) is 0 Å². The minimum absolute atomic E-state index is 0.0703. The van der Waals surface area contributed by atoms with Gasteiger partial charge in [-0.1, -0.05) is 6.07 Å². The van der Waals surface area contributed by atoms with Crippen LogP contribution in [0.15, 0.2) is 17.5 Å². The van der Waals surface area contributed by atoms with Crippen LogP contribution >= 0.6 is 22.7 Å². The number of nitrogens with two attached hydrogens (primary N) is 1. The first kappa shape index (κ1) is 15.9. The number of hydrogen-bond acceptors (Lipinski definition) is 6. The standard InChI is InChI=1S/C14H20N4OS2/c1-18(2)8-7-16-12(19)6-5-11-13(17-14(15)21-11)10-4-3-9-20-10/h3-4,9H,5-8H2,1-2H3,(H2,15,17)(H,16,19). The molecule has 0 aromatic carbocycles. The van der Waals surface area contributed by atoms with Gasteiger partial charge in [0.15, 0.2) is 5.13 Å². The summed E-state index contributed by atoms with van der Waals surface area (Å²) in [5.41, 5.74) is 6.74. The molecule has 0 bridgehead atoms. The van der Waals surface area contributed by atoms with Crippen LogP contribution in [0.5, 0.6) is 0 Å². The summed E-state index contributed by atoms with van der Waals surface area (Å²) in [5, 5.41) is 5.49. The maximum Gasteiger partial charge on any atom is 0.220 e. The van der Waals surface area contributed by atoms with E-state index in [4.69, 9.17) is 5.73 Å². The van der Waals surface area contributed by atoms with Crippen LogP contribution in [0.4, 0.5) is 5.13 Å². The van der Waals surface area contributed by atoms with Gasteiger partial charge in [-0.25, -0.2) is 4.98 Å². The number of thiophene rings is 1. The molecule has 2 heterocycles. The van der Waals surface area contributed by atoms with Gasteiger partial charge in [0.1, 0.15) is 0 Å². The molecule has 2 rings (SSSR count). The molecule has 0 aliphatic rings. The van der Waals surface area contributed by atoms with Crippen molar-refractivity contribution < 1.29 is 4.79 Å². The van der Waals surface area contributed by atoms with Crippen molar-refractivity contribution in [2.24, 2.45) is 0 Å². The molecule has 0 aliphatic heterocycles. The summed E-state index contributed by atoms with van der Waals surface area (Å²) in [6.07, 6.45) is 1.14. The van der Waals surface area contributed by atoms with Crippen LogP contribution in [-0.2, 0) is 11.2 Å². The molecular formula is C14H20N4OS2. The minimum atomic E-state index is 0.0703. The third-order valence-corrected chi connectivity index (χ3v) is 4.75. The van der Waals surface area contributed by atoms with Crippen LogP contribution in [0, 0.1) is 0 Å². The van der Waals surface area contributed by atoms with Crippen LogP contribution in [0.25, 0.3) is 10.6 Å². The maximum atomic E-state index is 11.8. The number of thiazole rings is 1. The van der Waals surface area contributed by atoms with Crippen molar-refractivity contribution >= 4 is 33.7 Å². The topological polar surface area (TPSA) is 71.2 Å². The number of carbonyl (C=O) groups is 1. The number of rotatable bonds is 7. The molecule has 5 nitrogen and oxygen atoms in total. The normalized spacial score (nSPS) is 11.0. The van der Waals surface area contributed by atoms with Gasteiger partial charge < -0.3 is 16.0 Å². The minimum Gasteiger partial charge on any atom is -0.375 e. The Kier molecular flexibility index (Phi) is 5.72. The summed E-state index contributed by atoms with van der Waals surface area (Å²) in [4.78, 5) is 20.4. The molecule has 21 heavy (non-hydrogen) atoms. The van der Waals surface area contributed by atoms with E-state index in [9.17, 15) is 4.79 Å². The van der Waals surface area contributed by atoms with Crippen LogP contribution in [-0.4, -0.2) is 43.0 Å². The first-order chi connectivity index (χ1) is 10.1. The Labute approximate surface area is 132 Å². The molecule has 2 aromatic heterocycles. The van der Waals surface area contributed by atoms with Crippen LogP contribution in [0.1, 0.15) is 11.3 Å². The highest BCUT2D eigenvalue weighted by molar-refractivity contribution is 7.17. The molecule has 0 saturated heterocycles. The highest BCUT2D eigenvalue weighted by Crippen LogP contribution is 2.33. The lowest BCUT2D eigenvalue weighted by Crippen LogP contribution is -2.31. The Hall–Kier alpha value is -1.44. The summed E-state index contributed by atoms with van der Waals surface area (Å²) in [6, 6.07) is 4.02. The third-order valence-electron chi connectivity index (χ3n) is 2.93. The molecular weight excluding hydrogens is 304 g/mol. The number of nitrogens with zero attached hydrogens (tertiary/aromatic N) is 2. The smallest absolute Gasteiger partial charge is 0.220 e. The van der Waals surface area contributed by atoms with Gasteiger partial charge in [-0.05, 0) is 32.0 Å². The van der Waals surface area contributed by atoms with E-state index < -0.39 is 0 Å². The Balaban J connectivity index is 1.90. The zero-order chi connectivity index (χ0) is 15.2. The molecule has 0 aliphatic carbocycles. The van der Waals surface area contributed by atoms with Gasteiger partial charge >= 0.3 is 0 Å². The highest BCUT2D eigenvalue weighted by atomic mass is 32.1. The zero-order valence-corrected chi connectivity index (χ0v) is 13.9. The second-order valence-electron chi connectivity index (χ2n) is 4.95. The molecule has 3 N–H and O–H groups in total. The first-order valence-corrected chi connectivity index (χ1v) is 8.46. The monoisotopic (exact) mass is 324 g/mol. The van der Waals surface area contributed by atoms with E-state index in [-0.39, 0.29) is 5.91 Å². The van der Waals surface area contributed by atoms with Crippen molar-refractivity contribution in [1.29, 1.82) is 0 Å².